The van der Waals surface area contributed by atoms with Gasteiger partial charge in [-0.1, -0.05) is 42.0 Å². The third-order valence-electron chi connectivity index (χ3n) is 3.08. The van der Waals surface area contributed by atoms with Crippen LogP contribution in [0.4, 0.5) is 0 Å². The van der Waals surface area contributed by atoms with Gasteiger partial charge in [-0.25, -0.2) is 0 Å². The summed E-state index contributed by atoms with van der Waals surface area (Å²) in [6.07, 6.45) is 0.835. The molecule has 3 aromatic rings. The molecule has 0 aliphatic carbocycles. The van der Waals surface area contributed by atoms with Gasteiger partial charge in [0.05, 0.1) is 5.69 Å². The number of carbonyl (C=O) groups excluding carboxylic acids is 1. The molecule has 1 aromatic heterocycles. The summed E-state index contributed by atoms with van der Waals surface area (Å²) in [7, 11) is 0. The van der Waals surface area contributed by atoms with Crippen LogP contribution in [0.15, 0.2) is 42.5 Å². The van der Waals surface area contributed by atoms with Gasteiger partial charge in [-0.3, -0.25) is 9.89 Å². The van der Waals surface area contributed by atoms with Crippen molar-refractivity contribution in [2.24, 2.45) is 0 Å². The third-order valence-corrected chi connectivity index (χ3v) is 3.08. The summed E-state index contributed by atoms with van der Waals surface area (Å²) in [5.41, 5.74) is 4.58. The van der Waals surface area contributed by atoms with Crippen molar-refractivity contribution >= 4 is 17.2 Å². The maximum atomic E-state index is 11.0. The molecule has 0 amide bonds. The summed E-state index contributed by atoms with van der Waals surface area (Å²) in [6.45, 7) is 2.05. The van der Waals surface area contributed by atoms with E-state index in [9.17, 15) is 4.79 Å². The Labute approximate surface area is 104 Å². The second kappa shape index (κ2) is 4.11. The van der Waals surface area contributed by atoms with Crippen LogP contribution in [-0.2, 0) is 0 Å². The summed E-state index contributed by atoms with van der Waals surface area (Å²) in [4.78, 5) is 11.0. The number of aldehydes is 1. The van der Waals surface area contributed by atoms with Gasteiger partial charge in [-0.2, -0.15) is 5.10 Å². The first-order chi connectivity index (χ1) is 8.79. The predicted molar refractivity (Wildman–Crippen MR) is 71.7 cm³/mol. The summed E-state index contributed by atoms with van der Waals surface area (Å²) in [5.74, 6) is 0. The van der Waals surface area contributed by atoms with Crippen LogP contribution in [0.25, 0.3) is 22.2 Å². The van der Waals surface area contributed by atoms with E-state index in [4.69, 9.17) is 0 Å². The van der Waals surface area contributed by atoms with Crippen molar-refractivity contribution in [3.05, 3.63) is 53.6 Å². The van der Waals surface area contributed by atoms with Gasteiger partial charge in [-0.05, 0) is 13.0 Å². The number of aromatic nitrogens is 2. The predicted octanol–water partition coefficient (Wildman–Crippen LogP) is 3.35. The number of aryl methyl sites for hydroxylation is 1. The van der Waals surface area contributed by atoms with Crippen molar-refractivity contribution in [2.75, 3.05) is 0 Å². The van der Waals surface area contributed by atoms with Crippen LogP contribution in [0.2, 0.25) is 0 Å². The Bertz CT molecular complexity index is 711. The number of rotatable bonds is 2. The van der Waals surface area contributed by atoms with E-state index < -0.39 is 0 Å². The number of hydrogen-bond acceptors (Lipinski definition) is 2. The number of benzene rings is 2. The molecule has 0 fully saturated rings. The van der Waals surface area contributed by atoms with Gasteiger partial charge in [0.25, 0.3) is 0 Å². The zero-order valence-corrected chi connectivity index (χ0v) is 9.97. The molecular weight excluding hydrogens is 224 g/mol. The molecule has 1 N–H and O–H groups in total. The lowest BCUT2D eigenvalue weighted by Crippen LogP contribution is -1.81. The van der Waals surface area contributed by atoms with Crippen molar-refractivity contribution in [3.63, 3.8) is 0 Å². The number of carbonyl (C=O) groups is 1. The molecule has 0 radical (unpaired) electrons. The van der Waals surface area contributed by atoms with Crippen molar-refractivity contribution in [3.8, 4) is 11.3 Å². The van der Waals surface area contributed by atoms with E-state index in [2.05, 4.69) is 41.4 Å². The minimum absolute atomic E-state index is 0.613. The van der Waals surface area contributed by atoms with Gasteiger partial charge < -0.3 is 0 Å². The molecule has 0 saturated carbocycles. The smallest absolute Gasteiger partial charge is 0.152 e. The first-order valence-corrected chi connectivity index (χ1v) is 5.79. The van der Waals surface area contributed by atoms with Crippen LogP contribution in [-0.4, -0.2) is 16.5 Å². The molecule has 1 heterocycles. The van der Waals surface area contributed by atoms with Crippen LogP contribution in [0, 0.1) is 6.92 Å². The normalized spacial score (nSPS) is 10.7. The largest absolute Gasteiger partial charge is 0.298 e. The second-order valence-corrected chi connectivity index (χ2v) is 4.33. The Kier molecular flexibility index (Phi) is 2.45. The minimum Gasteiger partial charge on any atom is -0.298 e. The summed E-state index contributed by atoms with van der Waals surface area (Å²) in [6, 6.07) is 13.8. The Morgan fingerprint density at radius 3 is 2.61 bits per heavy atom. The Morgan fingerprint density at radius 2 is 1.89 bits per heavy atom. The first-order valence-electron chi connectivity index (χ1n) is 5.79. The van der Waals surface area contributed by atoms with Crippen molar-refractivity contribution in [2.45, 2.75) is 6.92 Å². The number of fused-ring (bicyclic) bond motifs is 1. The van der Waals surface area contributed by atoms with Gasteiger partial charge >= 0.3 is 0 Å². The Morgan fingerprint density at radius 1 is 1.11 bits per heavy atom. The van der Waals surface area contributed by atoms with E-state index in [0.717, 1.165) is 28.4 Å². The van der Waals surface area contributed by atoms with Crippen molar-refractivity contribution in [1.29, 1.82) is 0 Å². The molecule has 0 bridgehead atoms. The van der Waals surface area contributed by atoms with E-state index >= 15 is 0 Å². The van der Waals surface area contributed by atoms with Crippen molar-refractivity contribution in [1.82, 2.24) is 10.2 Å². The van der Waals surface area contributed by atoms with Crippen molar-refractivity contribution < 1.29 is 4.79 Å². The van der Waals surface area contributed by atoms with Gasteiger partial charge in [-0.15, -0.1) is 0 Å². The highest BCUT2D eigenvalue weighted by Gasteiger charge is 2.09. The number of hydrogen-bond donors (Lipinski definition) is 1. The quantitative estimate of drug-likeness (QED) is 0.693. The second-order valence-electron chi connectivity index (χ2n) is 4.33. The SMILES string of the molecule is Cc1ccc(-c2[nH]nc3c(C=O)cccc23)cc1. The molecule has 0 atom stereocenters. The van der Waals surface area contributed by atoms with Gasteiger partial charge in [0, 0.05) is 16.5 Å². The summed E-state index contributed by atoms with van der Waals surface area (Å²) < 4.78 is 0. The van der Waals surface area contributed by atoms with E-state index in [1.807, 2.05) is 12.1 Å². The highest BCUT2D eigenvalue weighted by molar-refractivity contribution is 6.01. The minimum atomic E-state index is 0.613. The standard InChI is InChI=1S/C15H12N2O/c1-10-5-7-11(8-6-10)14-13-4-2-3-12(9-18)15(13)17-16-14/h2-9H,1H3,(H,16,17). The van der Waals surface area contributed by atoms with E-state index in [1.54, 1.807) is 6.07 Å². The molecule has 3 heteroatoms. The van der Waals surface area contributed by atoms with Gasteiger partial charge in [0.2, 0.25) is 0 Å². The topological polar surface area (TPSA) is 45.8 Å². The summed E-state index contributed by atoms with van der Waals surface area (Å²) in [5, 5.41) is 8.22. The number of nitrogens with zero attached hydrogens (tertiary/aromatic N) is 1. The van der Waals surface area contributed by atoms with Crippen LogP contribution in [0.1, 0.15) is 15.9 Å². The van der Waals surface area contributed by atoms with Crippen LogP contribution in [0.5, 0.6) is 0 Å². The fourth-order valence-corrected chi connectivity index (χ4v) is 2.10. The maximum absolute atomic E-state index is 11.0. The molecule has 0 unspecified atom stereocenters. The van der Waals surface area contributed by atoms with Gasteiger partial charge in [0.1, 0.15) is 5.52 Å². The first kappa shape index (κ1) is 10.7. The lowest BCUT2D eigenvalue weighted by atomic mass is 10.0. The molecule has 0 aliphatic rings. The number of para-hydroxylation sites is 1. The molecule has 18 heavy (non-hydrogen) atoms. The monoisotopic (exact) mass is 236 g/mol. The molecule has 3 rings (SSSR count). The van der Waals surface area contributed by atoms with E-state index in [-0.39, 0.29) is 0 Å². The lowest BCUT2D eigenvalue weighted by molar-refractivity contribution is 0.112. The number of H-pyrrole nitrogens is 1. The van der Waals surface area contributed by atoms with E-state index in [1.165, 1.54) is 5.56 Å². The Balaban J connectivity index is 2.24. The fourth-order valence-electron chi connectivity index (χ4n) is 2.10. The molecule has 2 aromatic carbocycles. The molecule has 0 spiro atoms. The Hall–Kier alpha value is -2.42. The fraction of sp³-hybridized carbons (Fsp3) is 0.0667. The highest BCUT2D eigenvalue weighted by Crippen LogP contribution is 2.27. The lowest BCUT2D eigenvalue weighted by Gasteiger charge is -2.00. The van der Waals surface area contributed by atoms with Crippen LogP contribution in [0.3, 0.4) is 0 Å². The average Bonchev–Trinajstić information content (AvgIpc) is 2.83. The average molecular weight is 236 g/mol. The summed E-state index contributed by atoms with van der Waals surface area (Å²) >= 11 is 0. The maximum Gasteiger partial charge on any atom is 0.152 e. The molecule has 0 aliphatic heterocycles. The van der Waals surface area contributed by atoms with Crippen LogP contribution >= 0.6 is 0 Å². The molecule has 88 valence electrons. The third kappa shape index (κ3) is 1.61. The van der Waals surface area contributed by atoms with Gasteiger partial charge in [0.15, 0.2) is 6.29 Å². The number of nitrogens with one attached hydrogen (secondary N) is 1. The molecular formula is C15H12N2O. The highest BCUT2D eigenvalue weighted by atomic mass is 16.1. The zero-order chi connectivity index (χ0) is 12.5. The molecule has 0 saturated heterocycles. The zero-order valence-electron chi connectivity index (χ0n) is 9.97. The van der Waals surface area contributed by atoms with E-state index in [0.29, 0.717) is 5.56 Å². The van der Waals surface area contributed by atoms with Crippen LogP contribution < -0.4 is 0 Å². The number of aromatic amines is 1. The molecule has 3 nitrogen and oxygen atoms in total.